The third kappa shape index (κ3) is 5.68. The first-order valence-electron chi connectivity index (χ1n) is 9.49. The highest BCUT2D eigenvalue weighted by Gasteiger charge is 2.18. The molecule has 2 N–H and O–H groups in total. The fraction of sp³-hybridized carbons (Fsp3) is 0.684. The average molecular weight is 346 g/mol. The number of hydrogen-bond donors (Lipinski definition) is 2. The van der Waals surface area contributed by atoms with Crippen molar-refractivity contribution in [3.8, 4) is 0 Å². The Morgan fingerprint density at radius 1 is 1.40 bits per heavy atom. The molecule has 0 saturated carbocycles. The predicted molar refractivity (Wildman–Crippen MR) is 98.5 cm³/mol. The molecule has 1 atom stereocenters. The maximum absolute atomic E-state index is 12.0. The molecule has 3 rings (SSSR count). The molecule has 0 bridgehead atoms. The zero-order valence-electron chi connectivity index (χ0n) is 15.2. The molecule has 0 aliphatic carbocycles. The van der Waals surface area contributed by atoms with E-state index in [1.165, 1.54) is 12.8 Å². The molecule has 6 heteroatoms. The minimum absolute atomic E-state index is 0.143. The number of anilines is 1. The van der Waals surface area contributed by atoms with Crippen molar-refractivity contribution in [2.24, 2.45) is 5.92 Å². The fourth-order valence-corrected chi connectivity index (χ4v) is 3.53. The van der Waals surface area contributed by atoms with Gasteiger partial charge in [0.1, 0.15) is 5.82 Å². The summed E-state index contributed by atoms with van der Waals surface area (Å²) >= 11 is 0. The molecule has 2 fully saturated rings. The number of nitrogens with one attached hydrogen (secondary N) is 2. The number of ether oxygens (including phenoxy) is 1. The molecule has 1 aromatic rings. The Bertz CT molecular complexity index is 543. The lowest BCUT2D eigenvalue weighted by atomic mass is 9.93. The largest absolute Gasteiger partial charge is 0.375 e. The average Bonchev–Trinajstić information content (AvgIpc) is 2.66. The molecule has 138 valence electrons. The summed E-state index contributed by atoms with van der Waals surface area (Å²) in [6.07, 6.45) is 6.12. The maximum Gasteiger partial charge on any atom is 0.220 e. The van der Waals surface area contributed by atoms with Gasteiger partial charge in [0, 0.05) is 32.3 Å². The molecule has 2 aliphatic rings. The summed E-state index contributed by atoms with van der Waals surface area (Å²) in [4.78, 5) is 18.8. The molecule has 1 aromatic heterocycles. The number of carbonyl (C=O) groups excluding carboxylic acids is 1. The highest BCUT2D eigenvalue weighted by Crippen LogP contribution is 2.18. The number of aromatic nitrogens is 1. The van der Waals surface area contributed by atoms with E-state index in [1.54, 1.807) is 0 Å². The van der Waals surface area contributed by atoms with E-state index in [9.17, 15) is 4.79 Å². The standard InChI is InChI=1S/C19H30N4O2/c1-15-14-23(10-11-25-15)18-4-2-17(12-21-18)13-22-19(24)5-3-16-6-8-20-9-7-16/h2,4,12,15-16,20H,3,5-11,13-14H2,1H3,(H,22,24). The highest BCUT2D eigenvalue weighted by molar-refractivity contribution is 5.75. The Balaban J connectivity index is 1.39. The number of carbonyl (C=O) groups is 1. The van der Waals surface area contributed by atoms with Crippen molar-refractivity contribution < 1.29 is 9.53 Å². The van der Waals surface area contributed by atoms with Crippen LogP contribution in [0.25, 0.3) is 0 Å². The minimum Gasteiger partial charge on any atom is -0.375 e. The molecule has 1 unspecified atom stereocenters. The van der Waals surface area contributed by atoms with Crippen molar-refractivity contribution in [1.29, 1.82) is 0 Å². The van der Waals surface area contributed by atoms with Gasteiger partial charge in [-0.25, -0.2) is 4.98 Å². The Hall–Kier alpha value is -1.66. The molecule has 2 saturated heterocycles. The molecule has 0 aromatic carbocycles. The molecule has 2 aliphatic heterocycles. The summed E-state index contributed by atoms with van der Waals surface area (Å²) in [6, 6.07) is 4.09. The zero-order chi connectivity index (χ0) is 17.5. The molecule has 6 nitrogen and oxygen atoms in total. The molecular formula is C19H30N4O2. The van der Waals surface area contributed by atoms with Gasteiger partial charge < -0.3 is 20.3 Å². The van der Waals surface area contributed by atoms with Crippen LogP contribution in [-0.4, -0.2) is 49.8 Å². The van der Waals surface area contributed by atoms with E-state index in [0.717, 1.165) is 50.6 Å². The van der Waals surface area contributed by atoms with Crippen molar-refractivity contribution in [1.82, 2.24) is 15.6 Å². The fourth-order valence-electron chi connectivity index (χ4n) is 3.53. The second-order valence-electron chi connectivity index (χ2n) is 7.16. The van der Waals surface area contributed by atoms with E-state index < -0.39 is 0 Å². The second kappa shape index (κ2) is 9.15. The third-order valence-electron chi connectivity index (χ3n) is 5.10. The smallest absolute Gasteiger partial charge is 0.220 e. The topological polar surface area (TPSA) is 66.5 Å². The van der Waals surface area contributed by atoms with E-state index in [-0.39, 0.29) is 12.0 Å². The van der Waals surface area contributed by atoms with Gasteiger partial charge in [-0.1, -0.05) is 6.07 Å². The zero-order valence-corrected chi connectivity index (χ0v) is 15.2. The Morgan fingerprint density at radius 3 is 2.96 bits per heavy atom. The van der Waals surface area contributed by atoms with Gasteiger partial charge in [0.25, 0.3) is 0 Å². The SMILES string of the molecule is CC1CN(c2ccc(CNC(=O)CCC3CCNCC3)cn2)CCO1. The van der Waals surface area contributed by atoms with Gasteiger partial charge in [-0.05, 0) is 56.8 Å². The molecule has 1 amide bonds. The van der Waals surface area contributed by atoms with Gasteiger partial charge in [-0.3, -0.25) is 4.79 Å². The van der Waals surface area contributed by atoms with Crippen LogP contribution in [0.1, 0.15) is 38.2 Å². The number of morpholine rings is 1. The van der Waals surface area contributed by atoms with Crippen LogP contribution < -0.4 is 15.5 Å². The van der Waals surface area contributed by atoms with Crippen LogP contribution in [0.4, 0.5) is 5.82 Å². The number of nitrogens with zero attached hydrogens (tertiary/aromatic N) is 2. The van der Waals surface area contributed by atoms with Gasteiger partial charge in [-0.2, -0.15) is 0 Å². The summed E-state index contributed by atoms with van der Waals surface area (Å²) in [5, 5.41) is 6.38. The first-order valence-corrected chi connectivity index (χ1v) is 9.49. The van der Waals surface area contributed by atoms with Gasteiger partial charge in [0.15, 0.2) is 0 Å². The molecule has 25 heavy (non-hydrogen) atoms. The molecule has 0 radical (unpaired) electrons. The van der Waals surface area contributed by atoms with Gasteiger partial charge >= 0.3 is 0 Å². The van der Waals surface area contributed by atoms with Crippen molar-refractivity contribution in [3.63, 3.8) is 0 Å². The first kappa shape index (κ1) is 18.1. The van der Waals surface area contributed by atoms with Gasteiger partial charge in [0.2, 0.25) is 5.91 Å². The lowest BCUT2D eigenvalue weighted by Crippen LogP contribution is -2.41. The molecule has 3 heterocycles. The van der Waals surface area contributed by atoms with E-state index in [0.29, 0.717) is 18.9 Å². The van der Waals surface area contributed by atoms with Gasteiger partial charge in [0.05, 0.1) is 12.7 Å². The lowest BCUT2D eigenvalue weighted by molar-refractivity contribution is -0.121. The quantitative estimate of drug-likeness (QED) is 0.821. The van der Waals surface area contributed by atoms with Crippen LogP contribution in [0.15, 0.2) is 18.3 Å². The number of hydrogen-bond acceptors (Lipinski definition) is 5. The summed E-state index contributed by atoms with van der Waals surface area (Å²) in [5.74, 6) is 1.82. The minimum atomic E-state index is 0.143. The lowest BCUT2D eigenvalue weighted by Gasteiger charge is -2.32. The van der Waals surface area contributed by atoms with Crippen LogP contribution in [0, 0.1) is 5.92 Å². The highest BCUT2D eigenvalue weighted by atomic mass is 16.5. The van der Waals surface area contributed by atoms with Gasteiger partial charge in [-0.15, -0.1) is 0 Å². The van der Waals surface area contributed by atoms with Crippen LogP contribution in [0.5, 0.6) is 0 Å². The normalized spacial score (nSPS) is 22.0. The van der Waals surface area contributed by atoms with Crippen LogP contribution in [-0.2, 0) is 16.1 Å². The van der Waals surface area contributed by atoms with E-state index in [1.807, 2.05) is 12.3 Å². The number of piperidine rings is 1. The van der Waals surface area contributed by atoms with E-state index >= 15 is 0 Å². The Labute approximate surface area is 150 Å². The third-order valence-corrected chi connectivity index (χ3v) is 5.10. The predicted octanol–water partition coefficient (Wildman–Crippen LogP) is 1.70. The number of amides is 1. The van der Waals surface area contributed by atoms with Crippen molar-refractivity contribution in [3.05, 3.63) is 23.9 Å². The van der Waals surface area contributed by atoms with E-state index in [4.69, 9.17) is 4.74 Å². The number of pyridine rings is 1. The Kier molecular flexibility index (Phi) is 6.64. The molecule has 0 spiro atoms. The summed E-state index contributed by atoms with van der Waals surface area (Å²) in [7, 11) is 0. The van der Waals surface area contributed by atoms with Crippen molar-refractivity contribution in [2.75, 3.05) is 37.7 Å². The van der Waals surface area contributed by atoms with Crippen LogP contribution in [0.2, 0.25) is 0 Å². The second-order valence-corrected chi connectivity index (χ2v) is 7.16. The van der Waals surface area contributed by atoms with Crippen molar-refractivity contribution >= 4 is 11.7 Å². The monoisotopic (exact) mass is 346 g/mol. The maximum atomic E-state index is 12.0. The van der Waals surface area contributed by atoms with Crippen molar-refractivity contribution in [2.45, 2.75) is 45.3 Å². The summed E-state index contributed by atoms with van der Waals surface area (Å²) in [5.41, 5.74) is 1.04. The first-order chi connectivity index (χ1) is 12.2. The number of rotatable bonds is 6. The Morgan fingerprint density at radius 2 is 2.24 bits per heavy atom. The summed E-state index contributed by atoms with van der Waals surface area (Å²) < 4.78 is 5.56. The van der Waals surface area contributed by atoms with E-state index in [2.05, 4.69) is 33.5 Å². The van der Waals surface area contributed by atoms with Crippen LogP contribution >= 0.6 is 0 Å². The summed E-state index contributed by atoms with van der Waals surface area (Å²) in [6.45, 7) is 7.32. The molecular weight excluding hydrogens is 316 g/mol. The van der Waals surface area contributed by atoms with Crippen LogP contribution in [0.3, 0.4) is 0 Å².